The Kier molecular flexibility index (Phi) is 5.89. The highest BCUT2D eigenvalue weighted by Crippen LogP contribution is 2.24. The van der Waals surface area contributed by atoms with Crippen molar-refractivity contribution in [2.45, 2.75) is 32.6 Å². The predicted octanol–water partition coefficient (Wildman–Crippen LogP) is 3.27. The van der Waals surface area contributed by atoms with Crippen LogP contribution in [0.15, 0.2) is 12.4 Å². The van der Waals surface area contributed by atoms with Crippen LogP contribution in [-0.4, -0.2) is 35.0 Å². The molecule has 1 aromatic rings. The molecule has 0 radical (unpaired) electrons. The summed E-state index contributed by atoms with van der Waals surface area (Å²) in [5.41, 5.74) is 0. The summed E-state index contributed by atoms with van der Waals surface area (Å²) in [5.74, 6) is 2.35. The molecule has 0 N–H and O–H groups in total. The summed E-state index contributed by atoms with van der Waals surface area (Å²) in [7, 11) is 0. The van der Waals surface area contributed by atoms with Gasteiger partial charge in [-0.1, -0.05) is 22.9 Å². The molecule has 19 heavy (non-hydrogen) atoms. The van der Waals surface area contributed by atoms with Crippen molar-refractivity contribution < 1.29 is 4.74 Å². The van der Waals surface area contributed by atoms with Crippen molar-refractivity contribution in [3.63, 3.8) is 0 Å². The fourth-order valence-electron chi connectivity index (χ4n) is 2.43. The molecule has 1 saturated heterocycles. The smallest absolute Gasteiger partial charge is 0.234 e. The maximum Gasteiger partial charge on any atom is 0.234 e. The van der Waals surface area contributed by atoms with Gasteiger partial charge in [-0.3, -0.25) is 4.98 Å². The van der Waals surface area contributed by atoms with E-state index in [1.54, 1.807) is 6.20 Å². The number of halogens is 1. The zero-order chi connectivity index (χ0) is 13.5. The maximum atomic E-state index is 5.55. The molecule has 2 heterocycles. The molecule has 106 valence electrons. The van der Waals surface area contributed by atoms with Crippen molar-refractivity contribution in [2.24, 2.45) is 5.92 Å². The highest BCUT2D eigenvalue weighted by molar-refractivity contribution is 9.09. The first kappa shape index (κ1) is 14.6. The molecule has 0 amide bonds. The van der Waals surface area contributed by atoms with Gasteiger partial charge in [0.15, 0.2) is 5.82 Å². The summed E-state index contributed by atoms with van der Waals surface area (Å²) in [6, 6.07) is 0. The third-order valence-corrected chi connectivity index (χ3v) is 3.87. The van der Waals surface area contributed by atoms with Crippen LogP contribution < -0.4 is 9.64 Å². The van der Waals surface area contributed by atoms with E-state index in [0.717, 1.165) is 36.6 Å². The number of anilines is 1. The van der Waals surface area contributed by atoms with Crippen LogP contribution in [0.2, 0.25) is 0 Å². The lowest BCUT2D eigenvalue weighted by atomic mass is 9.96. The topological polar surface area (TPSA) is 38.2 Å². The van der Waals surface area contributed by atoms with Crippen molar-refractivity contribution in [1.82, 2.24) is 9.97 Å². The number of hydrogen-bond acceptors (Lipinski definition) is 4. The normalized spacial score (nSPS) is 19.5. The number of rotatable bonds is 6. The Balaban J connectivity index is 1.99. The van der Waals surface area contributed by atoms with Crippen molar-refractivity contribution in [3.05, 3.63) is 12.4 Å². The summed E-state index contributed by atoms with van der Waals surface area (Å²) in [6.07, 6.45) is 8.31. The minimum absolute atomic E-state index is 0.641. The SMILES string of the molecule is CCCOc1cncc(N2CCCC(CCBr)C2)n1. The third kappa shape index (κ3) is 4.34. The molecule has 0 bridgehead atoms. The molecule has 5 heteroatoms. The van der Waals surface area contributed by atoms with E-state index in [1.165, 1.54) is 19.3 Å². The molecular weight excluding hydrogens is 306 g/mol. The summed E-state index contributed by atoms with van der Waals surface area (Å²) in [5, 5.41) is 1.08. The average molecular weight is 328 g/mol. The highest BCUT2D eigenvalue weighted by Gasteiger charge is 2.20. The summed E-state index contributed by atoms with van der Waals surface area (Å²) < 4.78 is 5.55. The van der Waals surface area contributed by atoms with Crippen LogP contribution in [0.25, 0.3) is 0 Å². The van der Waals surface area contributed by atoms with Crippen LogP contribution in [0.5, 0.6) is 5.88 Å². The minimum atomic E-state index is 0.641. The number of alkyl halides is 1. The standard InChI is InChI=1S/C14H22BrN3O/c1-2-8-19-14-10-16-9-13(17-14)18-7-3-4-12(11-18)5-6-15/h9-10,12H,2-8,11H2,1H3. The summed E-state index contributed by atoms with van der Waals surface area (Å²) in [4.78, 5) is 11.1. The minimum Gasteiger partial charge on any atom is -0.477 e. The molecule has 1 aliphatic heterocycles. The van der Waals surface area contributed by atoms with Gasteiger partial charge in [-0.05, 0) is 31.6 Å². The van der Waals surface area contributed by atoms with E-state index >= 15 is 0 Å². The molecule has 1 aliphatic rings. The molecule has 1 atom stereocenters. The fraction of sp³-hybridized carbons (Fsp3) is 0.714. The first-order chi connectivity index (χ1) is 9.33. The average Bonchev–Trinajstić information content (AvgIpc) is 2.46. The van der Waals surface area contributed by atoms with E-state index in [2.05, 4.69) is 37.7 Å². The number of nitrogens with zero attached hydrogens (tertiary/aromatic N) is 3. The van der Waals surface area contributed by atoms with Crippen LogP contribution in [0, 0.1) is 5.92 Å². The van der Waals surface area contributed by atoms with E-state index in [9.17, 15) is 0 Å². The van der Waals surface area contributed by atoms with Gasteiger partial charge in [-0.15, -0.1) is 0 Å². The Bertz CT molecular complexity index is 387. The van der Waals surface area contributed by atoms with Crippen molar-refractivity contribution in [2.75, 3.05) is 29.9 Å². The van der Waals surface area contributed by atoms with Gasteiger partial charge >= 0.3 is 0 Å². The fourth-order valence-corrected chi connectivity index (χ4v) is 3.08. The van der Waals surface area contributed by atoms with Gasteiger partial charge in [0.05, 0.1) is 19.0 Å². The second-order valence-electron chi connectivity index (χ2n) is 5.00. The second-order valence-corrected chi connectivity index (χ2v) is 5.79. The van der Waals surface area contributed by atoms with Crippen molar-refractivity contribution >= 4 is 21.7 Å². The Morgan fingerprint density at radius 2 is 2.37 bits per heavy atom. The first-order valence-electron chi connectivity index (χ1n) is 7.09. The second kappa shape index (κ2) is 7.68. The van der Waals surface area contributed by atoms with E-state index in [-0.39, 0.29) is 0 Å². The number of aromatic nitrogens is 2. The number of piperidine rings is 1. The van der Waals surface area contributed by atoms with Crippen LogP contribution in [0.4, 0.5) is 5.82 Å². The largest absolute Gasteiger partial charge is 0.477 e. The van der Waals surface area contributed by atoms with Gasteiger partial charge in [0.25, 0.3) is 0 Å². The van der Waals surface area contributed by atoms with E-state index < -0.39 is 0 Å². The van der Waals surface area contributed by atoms with Crippen molar-refractivity contribution in [3.8, 4) is 5.88 Å². The van der Waals surface area contributed by atoms with Crippen LogP contribution in [0.1, 0.15) is 32.6 Å². The number of ether oxygens (including phenoxy) is 1. The molecule has 0 saturated carbocycles. The molecule has 2 rings (SSSR count). The lowest BCUT2D eigenvalue weighted by Crippen LogP contribution is -2.36. The quantitative estimate of drug-likeness (QED) is 0.751. The molecule has 0 spiro atoms. The summed E-state index contributed by atoms with van der Waals surface area (Å²) in [6.45, 7) is 4.94. The van der Waals surface area contributed by atoms with E-state index in [0.29, 0.717) is 12.5 Å². The molecule has 0 aromatic carbocycles. The Morgan fingerprint density at radius 3 is 3.16 bits per heavy atom. The molecule has 0 aliphatic carbocycles. The van der Waals surface area contributed by atoms with Gasteiger partial charge in [-0.25, -0.2) is 0 Å². The molecule has 1 fully saturated rings. The Labute approximate surface area is 123 Å². The Hall–Kier alpha value is -0.840. The molecule has 1 aromatic heterocycles. The maximum absolute atomic E-state index is 5.55. The predicted molar refractivity (Wildman–Crippen MR) is 81.2 cm³/mol. The van der Waals surface area contributed by atoms with Crippen LogP contribution in [0.3, 0.4) is 0 Å². The van der Waals surface area contributed by atoms with Crippen LogP contribution >= 0.6 is 15.9 Å². The zero-order valence-electron chi connectivity index (χ0n) is 11.5. The highest BCUT2D eigenvalue weighted by atomic mass is 79.9. The van der Waals surface area contributed by atoms with E-state index in [4.69, 9.17) is 4.74 Å². The van der Waals surface area contributed by atoms with Gasteiger partial charge in [-0.2, -0.15) is 4.98 Å². The molecule has 4 nitrogen and oxygen atoms in total. The monoisotopic (exact) mass is 327 g/mol. The number of hydrogen-bond donors (Lipinski definition) is 0. The van der Waals surface area contributed by atoms with Gasteiger partial charge < -0.3 is 9.64 Å². The molecule has 1 unspecified atom stereocenters. The van der Waals surface area contributed by atoms with Crippen molar-refractivity contribution in [1.29, 1.82) is 0 Å². The Morgan fingerprint density at radius 1 is 1.47 bits per heavy atom. The lowest BCUT2D eigenvalue weighted by molar-refractivity contribution is 0.303. The summed E-state index contributed by atoms with van der Waals surface area (Å²) >= 11 is 3.53. The third-order valence-electron chi connectivity index (χ3n) is 3.41. The van der Waals surface area contributed by atoms with E-state index in [1.807, 2.05) is 6.20 Å². The van der Waals surface area contributed by atoms with Gasteiger partial charge in [0.2, 0.25) is 5.88 Å². The lowest BCUT2D eigenvalue weighted by Gasteiger charge is -2.33. The van der Waals surface area contributed by atoms with Gasteiger partial charge in [0.1, 0.15) is 0 Å². The zero-order valence-corrected chi connectivity index (χ0v) is 13.1. The van der Waals surface area contributed by atoms with Gasteiger partial charge in [0, 0.05) is 18.4 Å². The molecular formula is C14H22BrN3O. The first-order valence-corrected chi connectivity index (χ1v) is 8.21. The van der Waals surface area contributed by atoms with Crippen LogP contribution in [-0.2, 0) is 0 Å².